The quantitative estimate of drug-likeness (QED) is 0.647. The van der Waals surface area contributed by atoms with Gasteiger partial charge in [0.05, 0.1) is 53.2 Å². The Morgan fingerprint density at radius 3 is 3.00 bits per heavy atom. The highest BCUT2D eigenvalue weighted by Gasteiger charge is 2.28. The highest BCUT2D eigenvalue weighted by Crippen LogP contribution is 2.34. The average molecular weight is 377 g/mol. The second-order valence-electron chi connectivity index (χ2n) is 6.04. The monoisotopic (exact) mass is 376 g/mol. The minimum atomic E-state index is -0.0601. The fourth-order valence-corrected chi connectivity index (χ4v) is 4.23. The number of pyridine rings is 1. The van der Waals surface area contributed by atoms with Crippen molar-refractivity contribution in [2.24, 2.45) is 0 Å². The summed E-state index contributed by atoms with van der Waals surface area (Å²) in [5.41, 5.74) is 2.63. The zero-order chi connectivity index (χ0) is 16.7. The maximum atomic E-state index is 12.1. The number of halogens is 1. The van der Waals surface area contributed by atoms with Gasteiger partial charge in [-0.15, -0.1) is 23.7 Å². The number of ether oxygens (including phenoxy) is 1. The van der Waals surface area contributed by atoms with Crippen molar-refractivity contribution in [1.29, 1.82) is 5.26 Å². The largest absolute Gasteiger partial charge is 0.375 e. The molecule has 4 rings (SSSR count). The lowest BCUT2D eigenvalue weighted by Gasteiger charge is -2.30. The van der Waals surface area contributed by atoms with E-state index in [4.69, 9.17) is 10.00 Å². The van der Waals surface area contributed by atoms with E-state index in [0.29, 0.717) is 18.9 Å². The Kier molecular flexibility index (Phi) is 5.04. The van der Waals surface area contributed by atoms with Gasteiger partial charge in [-0.3, -0.25) is 9.78 Å². The summed E-state index contributed by atoms with van der Waals surface area (Å²) in [7, 11) is 0. The van der Waals surface area contributed by atoms with Crippen molar-refractivity contribution in [3.05, 3.63) is 23.5 Å². The van der Waals surface area contributed by atoms with Gasteiger partial charge in [0, 0.05) is 6.92 Å². The van der Waals surface area contributed by atoms with Crippen LogP contribution in [-0.4, -0.2) is 33.0 Å². The van der Waals surface area contributed by atoms with Crippen molar-refractivity contribution in [3.8, 4) is 6.07 Å². The number of rotatable bonds is 3. The number of fused-ring (bicyclic) bond motifs is 3. The highest BCUT2D eigenvalue weighted by molar-refractivity contribution is 7.18. The SMILES string of the molecule is CC(=O)c1nc2cnc3ccsc3c2n1[C@H]1CC[C@H](CC#N)OC1.Cl. The van der Waals surface area contributed by atoms with E-state index in [1.54, 1.807) is 24.5 Å². The van der Waals surface area contributed by atoms with Crippen LogP contribution in [0.5, 0.6) is 0 Å². The van der Waals surface area contributed by atoms with Gasteiger partial charge in [0.15, 0.2) is 11.6 Å². The van der Waals surface area contributed by atoms with Crippen molar-refractivity contribution >= 4 is 50.8 Å². The smallest absolute Gasteiger partial charge is 0.195 e. The Labute approximate surface area is 154 Å². The molecule has 3 aromatic heterocycles. The number of thiophene rings is 1. The van der Waals surface area contributed by atoms with Crippen LogP contribution in [0.25, 0.3) is 21.3 Å². The summed E-state index contributed by atoms with van der Waals surface area (Å²) < 4.78 is 8.91. The fourth-order valence-electron chi connectivity index (χ4n) is 3.34. The first kappa shape index (κ1) is 17.8. The Morgan fingerprint density at radius 1 is 1.48 bits per heavy atom. The summed E-state index contributed by atoms with van der Waals surface area (Å²) in [6.45, 7) is 2.03. The van der Waals surface area contributed by atoms with Crippen LogP contribution in [-0.2, 0) is 4.74 Å². The van der Waals surface area contributed by atoms with Crippen LogP contribution in [0.15, 0.2) is 17.6 Å². The van der Waals surface area contributed by atoms with Gasteiger partial charge in [-0.1, -0.05) is 0 Å². The van der Waals surface area contributed by atoms with Crippen LogP contribution in [0.3, 0.4) is 0 Å². The Balaban J connectivity index is 0.00000182. The van der Waals surface area contributed by atoms with Gasteiger partial charge in [-0.05, 0) is 24.3 Å². The number of nitrogens with zero attached hydrogens (tertiary/aromatic N) is 4. The van der Waals surface area contributed by atoms with Gasteiger partial charge in [0.2, 0.25) is 0 Å². The van der Waals surface area contributed by atoms with Crippen LogP contribution in [0.4, 0.5) is 0 Å². The van der Waals surface area contributed by atoms with Gasteiger partial charge < -0.3 is 9.30 Å². The number of carbonyl (C=O) groups is 1. The number of imidazole rings is 1. The van der Waals surface area contributed by atoms with Gasteiger partial charge in [-0.2, -0.15) is 5.26 Å². The average Bonchev–Trinajstić information content (AvgIpc) is 3.19. The van der Waals surface area contributed by atoms with Gasteiger partial charge in [-0.25, -0.2) is 4.98 Å². The van der Waals surface area contributed by atoms with Gasteiger partial charge in [0.25, 0.3) is 0 Å². The maximum Gasteiger partial charge on any atom is 0.195 e. The summed E-state index contributed by atoms with van der Waals surface area (Å²) >= 11 is 1.61. The molecular formula is C17H17ClN4O2S. The lowest BCUT2D eigenvalue weighted by Crippen LogP contribution is -2.29. The molecule has 1 aliphatic rings. The standard InChI is InChI=1S/C17H16N4O2S.ClH/c1-10(22)17-20-14-8-19-13-5-7-24-16(13)15(14)21(17)11-2-3-12(4-6-18)23-9-11;/h5,7-8,11-12H,2-4,9H2,1H3;1H/t11-,12+;/m0./s1. The summed E-state index contributed by atoms with van der Waals surface area (Å²) in [6.07, 6.45) is 3.82. The van der Waals surface area contributed by atoms with Crippen LogP contribution < -0.4 is 0 Å². The molecule has 1 fully saturated rings. The highest BCUT2D eigenvalue weighted by atomic mass is 35.5. The van der Waals surface area contributed by atoms with Crippen LogP contribution in [0.2, 0.25) is 0 Å². The molecule has 4 heterocycles. The topological polar surface area (TPSA) is 80.8 Å². The molecule has 8 heteroatoms. The first-order valence-electron chi connectivity index (χ1n) is 7.92. The molecule has 1 aliphatic heterocycles. The van der Waals surface area contributed by atoms with Crippen molar-refractivity contribution < 1.29 is 9.53 Å². The summed E-state index contributed by atoms with van der Waals surface area (Å²) in [5.74, 6) is 0.398. The Bertz CT molecular complexity index is 966. The molecule has 0 unspecified atom stereocenters. The molecule has 0 bridgehead atoms. The molecule has 3 aromatic rings. The molecule has 0 aliphatic carbocycles. The van der Waals surface area contributed by atoms with E-state index in [-0.39, 0.29) is 30.3 Å². The van der Waals surface area contributed by atoms with E-state index in [1.807, 2.05) is 16.0 Å². The maximum absolute atomic E-state index is 12.1. The normalized spacial score (nSPS) is 20.3. The summed E-state index contributed by atoms with van der Waals surface area (Å²) in [4.78, 5) is 21.1. The predicted octanol–water partition coefficient (Wildman–Crippen LogP) is 3.90. The number of hydrogen-bond acceptors (Lipinski definition) is 6. The van der Waals surface area contributed by atoms with E-state index < -0.39 is 0 Å². The predicted molar refractivity (Wildman–Crippen MR) is 98.4 cm³/mol. The molecule has 0 N–H and O–H groups in total. The first-order valence-corrected chi connectivity index (χ1v) is 8.80. The Hall–Kier alpha value is -2.01. The van der Waals surface area contributed by atoms with Crippen molar-refractivity contribution in [2.75, 3.05) is 6.61 Å². The molecule has 6 nitrogen and oxygen atoms in total. The molecule has 0 spiro atoms. The molecule has 0 amide bonds. The fraction of sp³-hybridized carbons (Fsp3) is 0.412. The molecule has 0 saturated carbocycles. The second-order valence-corrected chi connectivity index (χ2v) is 6.95. The van der Waals surface area contributed by atoms with Crippen LogP contribution in [0.1, 0.15) is 42.8 Å². The number of nitriles is 1. The third-order valence-corrected chi connectivity index (χ3v) is 5.38. The van der Waals surface area contributed by atoms with E-state index >= 15 is 0 Å². The zero-order valence-electron chi connectivity index (χ0n) is 13.6. The van der Waals surface area contributed by atoms with Crippen LogP contribution in [0, 0.1) is 11.3 Å². The van der Waals surface area contributed by atoms with Gasteiger partial charge in [0.1, 0.15) is 5.52 Å². The van der Waals surface area contributed by atoms with Crippen molar-refractivity contribution in [2.45, 2.75) is 38.3 Å². The first-order chi connectivity index (χ1) is 11.7. The Morgan fingerprint density at radius 2 is 2.32 bits per heavy atom. The molecular weight excluding hydrogens is 360 g/mol. The van der Waals surface area contributed by atoms with Crippen molar-refractivity contribution in [1.82, 2.24) is 14.5 Å². The number of ketones is 1. The molecule has 2 atom stereocenters. The van der Waals surface area contributed by atoms with Crippen LogP contribution >= 0.6 is 23.7 Å². The lowest BCUT2D eigenvalue weighted by atomic mass is 10.0. The summed E-state index contributed by atoms with van der Waals surface area (Å²) in [5, 5.41) is 10.8. The zero-order valence-corrected chi connectivity index (χ0v) is 15.3. The van der Waals surface area contributed by atoms with Crippen molar-refractivity contribution in [3.63, 3.8) is 0 Å². The van der Waals surface area contributed by atoms with E-state index in [2.05, 4.69) is 16.0 Å². The number of carbonyl (C=O) groups excluding carboxylic acids is 1. The van der Waals surface area contributed by atoms with Gasteiger partial charge >= 0.3 is 0 Å². The minimum Gasteiger partial charge on any atom is -0.375 e. The van der Waals surface area contributed by atoms with E-state index in [0.717, 1.165) is 34.1 Å². The number of aromatic nitrogens is 3. The minimum absolute atomic E-state index is 0. The molecule has 1 saturated heterocycles. The lowest BCUT2D eigenvalue weighted by molar-refractivity contribution is -0.00802. The molecule has 0 radical (unpaired) electrons. The van der Waals surface area contributed by atoms with E-state index in [1.165, 1.54) is 0 Å². The molecule has 0 aromatic carbocycles. The summed E-state index contributed by atoms with van der Waals surface area (Å²) in [6, 6.07) is 4.19. The molecule has 25 heavy (non-hydrogen) atoms. The van der Waals surface area contributed by atoms with E-state index in [9.17, 15) is 4.79 Å². The number of hydrogen-bond donors (Lipinski definition) is 0. The second kappa shape index (κ2) is 7.08. The third kappa shape index (κ3) is 3.01. The third-order valence-electron chi connectivity index (χ3n) is 4.47. The number of Topliss-reactive ketones (excluding diaryl/α,β-unsaturated/α-hetero) is 1. The molecule has 130 valence electrons.